The summed E-state index contributed by atoms with van der Waals surface area (Å²) >= 11 is 1.71. The maximum absolute atomic E-state index is 10.8. The normalized spacial score (nSPS) is 10.9. The second-order valence-electron chi connectivity index (χ2n) is 5.87. The van der Waals surface area contributed by atoms with Gasteiger partial charge in [0.1, 0.15) is 0 Å². The fraction of sp³-hybridized carbons (Fsp3) is 0.722. The lowest BCUT2D eigenvalue weighted by atomic mass is 10.0. The van der Waals surface area contributed by atoms with E-state index in [1.165, 1.54) is 69.1 Å². The Morgan fingerprint density at radius 1 is 1.00 bits per heavy atom. The summed E-state index contributed by atoms with van der Waals surface area (Å²) in [4.78, 5) is 12.0. The third-order valence-corrected chi connectivity index (χ3v) is 4.96. The SMILES string of the molecule is CCCCCCCCCCCCc1sccc1CC(=O)O. The van der Waals surface area contributed by atoms with Crippen LogP contribution in [-0.4, -0.2) is 11.1 Å². The van der Waals surface area contributed by atoms with Gasteiger partial charge in [-0.05, 0) is 29.9 Å². The second kappa shape index (κ2) is 11.8. The largest absolute Gasteiger partial charge is 0.481 e. The van der Waals surface area contributed by atoms with E-state index in [2.05, 4.69) is 6.92 Å². The number of carbonyl (C=O) groups is 1. The van der Waals surface area contributed by atoms with Gasteiger partial charge in [0, 0.05) is 4.88 Å². The molecule has 1 heterocycles. The van der Waals surface area contributed by atoms with Crippen LogP contribution in [0.15, 0.2) is 11.4 Å². The van der Waals surface area contributed by atoms with E-state index in [1.54, 1.807) is 11.3 Å². The highest BCUT2D eigenvalue weighted by atomic mass is 32.1. The van der Waals surface area contributed by atoms with Crippen molar-refractivity contribution in [2.45, 2.75) is 84.0 Å². The first-order chi connectivity index (χ1) is 10.2. The molecule has 0 amide bonds. The molecule has 0 unspecified atom stereocenters. The van der Waals surface area contributed by atoms with Crippen LogP contribution in [0.3, 0.4) is 0 Å². The summed E-state index contributed by atoms with van der Waals surface area (Å²) in [6.45, 7) is 2.26. The molecule has 21 heavy (non-hydrogen) atoms. The molecule has 1 N–H and O–H groups in total. The zero-order valence-corrected chi connectivity index (χ0v) is 14.2. The predicted molar refractivity (Wildman–Crippen MR) is 91.2 cm³/mol. The number of unbranched alkanes of at least 4 members (excludes halogenated alkanes) is 9. The molecule has 2 nitrogen and oxygen atoms in total. The zero-order valence-electron chi connectivity index (χ0n) is 13.4. The molecule has 0 fully saturated rings. The number of aliphatic carboxylic acids is 1. The van der Waals surface area contributed by atoms with E-state index in [-0.39, 0.29) is 6.42 Å². The van der Waals surface area contributed by atoms with Gasteiger partial charge in [0.15, 0.2) is 0 Å². The average molecular weight is 311 g/mol. The van der Waals surface area contributed by atoms with Gasteiger partial charge in [-0.1, -0.05) is 64.7 Å². The third kappa shape index (κ3) is 8.92. The van der Waals surface area contributed by atoms with Gasteiger partial charge < -0.3 is 5.11 Å². The van der Waals surface area contributed by atoms with Crippen molar-refractivity contribution in [2.24, 2.45) is 0 Å². The summed E-state index contributed by atoms with van der Waals surface area (Å²) in [5.74, 6) is -0.724. The van der Waals surface area contributed by atoms with E-state index in [0.29, 0.717) is 0 Å². The molecule has 0 aliphatic carbocycles. The van der Waals surface area contributed by atoms with Crippen molar-refractivity contribution in [3.05, 3.63) is 21.9 Å². The van der Waals surface area contributed by atoms with Crippen molar-refractivity contribution in [2.75, 3.05) is 0 Å². The van der Waals surface area contributed by atoms with E-state index < -0.39 is 5.97 Å². The molecule has 0 radical (unpaired) electrons. The predicted octanol–water partition coefficient (Wildman–Crippen LogP) is 5.84. The summed E-state index contributed by atoms with van der Waals surface area (Å²) in [5.41, 5.74) is 1.02. The molecule has 1 aromatic heterocycles. The maximum Gasteiger partial charge on any atom is 0.307 e. The van der Waals surface area contributed by atoms with Crippen LogP contribution in [0, 0.1) is 0 Å². The van der Waals surface area contributed by atoms with Crippen LogP contribution >= 0.6 is 11.3 Å². The Kier molecular flexibility index (Phi) is 10.2. The van der Waals surface area contributed by atoms with Crippen molar-refractivity contribution in [3.8, 4) is 0 Å². The highest BCUT2D eigenvalue weighted by molar-refractivity contribution is 7.10. The van der Waals surface area contributed by atoms with E-state index >= 15 is 0 Å². The lowest BCUT2D eigenvalue weighted by Crippen LogP contribution is -2.01. The highest BCUT2D eigenvalue weighted by Crippen LogP contribution is 2.21. The summed E-state index contributed by atoms with van der Waals surface area (Å²) in [5, 5.41) is 10.9. The minimum Gasteiger partial charge on any atom is -0.481 e. The molecular weight excluding hydrogens is 280 g/mol. The molecule has 3 heteroatoms. The number of rotatable bonds is 13. The molecule has 0 saturated carbocycles. The number of thiophene rings is 1. The number of hydrogen-bond acceptors (Lipinski definition) is 2. The molecule has 0 saturated heterocycles. The summed E-state index contributed by atoms with van der Waals surface area (Å²) in [6, 6.07) is 1.96. The van der Waals surface area contributed by atoms with E-state index in [9.17, 15) is 4.79 Å². The van der Waals surface area contributed by atoms with Gasteiger partial charge in [0.25, 0.3) is 0 Å². The quantitative estimate of drug-likeness (QED) is 0.465. The van der Waals surface area contributed by atoms with Crippen molar-refractivity contribution in [1.82, 2.24) is 0 Å². The molecule has 1 aromatic rings. The van der Waals surface area contributed by atoms with Gasteiger partial charge in [-0.3, -0.25) is 4.79 Å². The smallest absolute Gasteiger partial charge is 0.307 e. The minimum absolute atomic E-state index is 0.177. The summed E-state index contributed by atoms with van der Waals surface area (Å²) in [7, 11) is 0. The first-order valence-electron chi connectivity index (χ1n) is 8.51. The summed E-state index contributed by atoms with van der Waals surface area (Å²) in [6.07, 6.45) is 14.7. The number of hydrogen-bond donors (Lipinski definition) is 1. The maximum atomic E-state index is 10.8. The van der Waals surface area contributed by atoms with E-state index in [1.807, 2.05) is 11.4 Å². The second-order valence-corrected chi connectivity index (χ2v) is 6.87. The van der Waals surface area contributed by atoms with Gasteiger partial charge in [-0.25, -0.2) is 0 Å². The Hall–Kier alpha value is -0.830. The molecule has 120 valence electrons. The van der Waals surface area contributed by atoms with Gasteiger partial charge in [-0.2, -0.15) is 0 Å². The molecule has 0 bridgehead atoms. The van der Waals surface area contributed by atoms with Crippen LogP contribution in [0.5, 0.6) is 0 Å². The third-order valence-electron chi connectivity index (χ3n) is 3.94. The Morgan fingerprint density at radius 2 is 1.57 bits per heavy atom. The molecule has 0 aliphatic rings. The fourth-order valence-electron chi connectivity index (χ4n) is 2.68. The standard InChI is InChI=1S/C18H30O2S/c1-2-3-4-5-6-7-8-9-10-11-12-17-16(13-14-21-17)15-18(19)20/h13-14H,2-12,15H2,1H3,(H,19,20). The van der Waals surface area contributed by atoms with Crippen LogP contribution in [0.2, 0.25) is 0 Å². The Labute approximate surface area is 133 Å². The number of carboxylic acids is 1. The number of carboxylic acid groups (broad SMARTS) is 1. The lowest BCUT2D eigenvalue weighted by Gasteiger charge is -2.03. The molecular formula is C18H30O2S. The van der Waals surface area contributed by atoms with Gasteiger partial charge in [-0.15, -0.1) is 11.3 Å². The van der Waals surface area contributed by atoms with Crippen LogP contribution < -0.4 is 0 Å². The minimum atomic E-state index is -0.724. The Bertz CT molecular complexity index is 384. The van der Waals surface area contributed by atoms with Crippen molar-refractivity contribution >= 4 is 17.3 Å². The first kappa shape index (κ1) is 18.2. The summed E-state index contributed by atoms with van der Waals surface area (Å²) < 4.78 is 0. The first-order valence-corrected chi connectivity index (χ1v) is 9.39. The number of aryl methyl sites for hydroxylation is 1. The average Bonchev–Trinajstić information content (AvgIpc) is 2.87. The highest BCUT2D eigenvalue weighted by Gasteiger charge is 2.07. The zero-order chi connectivity index (χ0) is 15.3. The molecule has 0 aliphatic heterocycles. The van der Waals surface area contributed by atoms with Crippen molar-refractivity contribution < 1.29 is 9.90 Å². The van der Waals surface area contributed by atoms with Crippen LogP contribution in [0.25, 0.3) is 0 Å². The fourth-order valence-corrected chi connectivity index (χ4v) is 3.63. The lowest BCUT2D eigenvalue weighted by molar-refractivity contribution is -0.136. The van der Waals surface area contributed by atoms with Gasteiger partial charge in [0.05, 0.1) is 6.42 Å². The molecule has 0 atom stereocenters. The van der Waals surface area contributed by atoms with Crippen LogP contribution in [0.1, 0.15) is 81.6 Å². The van der Waals surface area contributed by atoms with Crippen LogP contribution in [0.4, 0.5) is 0 Å². The van der Waals surface area contributed by atoms with Crippen molar-refractivity contribution in [3.63, 3.8) is 0 Å². The molecule has 0 aromatic carbocycles. The van der Waals surface area contributed by atoms with Gasteiger partial charge >= 0.3 is 5.97 Å². The van der Waals surface area contributed by atoms with Crippen LogP contribution in [-0.2, 0) is 17.6 Å². The topological polar surface area (TPSA) is 37.3 Å². The Morgan fingerprint density at radius 3 is 2.14 bits per heavy atom. The Balaban J connectivity index is 1.99. The van der Waals surface area contributed by atoms with E-state index in [0.717, 1.165) is 12.0 Å². The van der Waals surface area contributed by atoms with Gasteiger partial charge in [0.2, 0.25) is 0 Å². The molecule has 0 spiro atoms. The molecule has 1 rings (SSSR count). The van der Waals surface area contributed by atoms with E-state index in [4.69, 9.17) is 5.11 Å². The van der Waals surface area contributed by atoms with Crippen molar-refractivity contribution in [1.29, 1.82) is 0 Å². The monoisotopic (exact) mass is 310 g/mol.